The molecule has 0 spiro atoms. The molecule has 0 aromatic carbocycles. The molecule has 0 saturated carbocycles. The molecule has 0 atom stereocenters. The van der Waals surface area contributed by atoms with E-state index < -0.39 is 5.97 Å². The van der Waals surface area contributed by atoms with Gasteiger partial charge in [0.25, 0.3) is 0 Å². The van der Waals surface area contributed by atoms with Crippen LogP contribution in [0.2, 0.25) is 0 Å². The summed E-state index contributed by atoms with van der Waals surface area (Å²) in [6.45, 7) is 3.01. The normalized spacial score (nSPS) is 17.2. The van der Waals surface area contributed by atoms with Crippen LogP contribution < -0.4 is 29.3 Å². The first-order chi connectivity index (χ1) is 8.16. The number of carboxylic acid groups (broad SMARTS) is 1. The topological polar surface area (TPSA) is 68.3 Å². The summed E-state index contributed by atoms with van der Waals surface area (Å²) in [5.41, 5.74) is 1.53. The van der Waals surface area contributed by atoms with Gasteiger partial charge in [0.1, 0.15) is 5.82 Å². The molecule has 1 fully saturated rings. The summed E-state index contributed by atoms with van der Waals surface area (Å²) in [4.78, 5) is 17.3. The van der Waals surface area contributed by atoms with Crippen LogP contribution in [0.5, 0.6) is 0 Å². The monoisotopic (exact) mass is 261 g/mol. The summed E-state index contributed by atoms with van der Waals surface area (Å²) in [6, 6.07) is 0. The number of aromatic carboxylic acids is 1. The van der Waals surface area contributed by atoms with Gasteiger partial charge in [0.05, 0.1) is 16.4 Å². The van der Waals surface area contributed by atoms with Crippen LogP contribution in [0, 0.1) is 5.92 Å². The fraction of sp³-hybridized carbons (Fsp3) is 0.636. The molecule has 0 aliphatic carbocycles. The molecule has 7 heteroatoms. The molecule has 1 aromatic rings. The zero-order valence-corrected chi connectivity index (χ0v) is 11.6. The minimum atomic E-state index is -1.15. The van der Waals surface area contributed by atoms with Gasteiger partial charge in [-0.15, -0.1) is 11.3 Å². The Balaban J connectivity index is 0.00000162. The number of carboxylic acids is 1. The van der Waals surface area contributed by atoms with Gasteiger partial charge in [-0.25, -0.2) is 4.98 Å². The number of hydrogen-bond acceptors (Lipinski definition) is 6. The van der Waals surface area contributed by atoms with Crippen molar-refractivity contribution in [3.05, 3.63) is 10.4 Å². The molecule has 0 amide bonds. The zero-order valence-electron chi connectivity index (χ0n) is 10.8. The van der Waals surface area contributed by atoms with Crippen molar-refractivity contribution in [2.45, 2.75) is 12.8 Å². The minimum Gasteiger partial charge on any atom is -0.544 e. The first-order valence-corrected chi connectivity index (χ1v) is 6.62. The van der Waals surface area contributed by atoms with E-state index in [1.165, 1.54) is 5.51 Å². The third-order valence-corrected chi connectivity index (χ3v) is 3.96. The minimum absolute atomic E-state index is 0. The van der Waals surface area contributed by atoms with Crippen LogP contribution in [-0.4, -0.2) is 42.5 Å². The molecule has 1 N–H and O–H groups in total. The van der Waals surface area contributed by atoms with Crippen molar-refractivity contribution in [3.8, 4) is 0 Å². The number of rotatable bonds is 4. The predicted molar refractivity (Wildman–Crippen MR) is 65.2 cm³/mol. The molecule has 1 aliphatic heterocycles. The van der Waals surface area contributed by atoms with Gasteiger partial charge >= 0.3 is 18.9 Å². The summed E-state index contributed by atoms with van der Waals surface area (Å²) in [5, 5.41) is 13.9. The van der Waals surface area contributed by atoms with Gasteiger partial charge in [0.2, 0.25) is 0 Å². The van der Waals surface area contributed by atoms with Crippen molar-refractivity contribution in [1.29, 1.82) is 0 Å². The Morgan fingerprint density at radius 2 is 2.28 bits per heavy atom. The van der Waals surface area contributed by atoms with Crippen molar-refractivity contribution in [2.75, 3.05) is 32.0 Å². The van der Waals surface area contributed by atoms with Gasteiger partial charge in [-0.05, 0) is 38.9 Å². The number of likely N-dealkylation sites (tertiary alicyclic amines) is 1. The van der Waals surface area contributed by atoms with E-state index in [0.717, 1.165) is 43.8 Å². The van der Waals surface area contributed by atoms with E-state index in [1.807, 2.05) is 0 Å². The predicted octanol–water partition coefficient (Wildman–Crippen LogP) is -2.74. The maximum Gasteiger partial charge on any atom is 1.00 e. The number of piperidine rings is 1. The number of nitrogens with one attached hydrogen (secondary N) is 1. The zero-order chi connectivity index (χ0) is 12.3. The maximum atomic E-state index is 10.8. The Hall–Kier alpha value is -0.543. The SMILES string of the molecule is CN1CCC(CNc2ncsc2C(=O)[O-])CC1.[Li+]. The van der Waals surface area contributed by atoms with Crippen LogP contribution in [0.1, 0.15) is 22.5 Å². The Labute approximate surface area is 123 Å². The number of hydrogen-bond donors (Lipinski definition) is 1. The number of anilines is 1. The summed E-state index contributed by atoms with van der Waals surface area (Å²) in [6.07, 6.45) is 2.29. The number of thiazole rings is 1. The summed E-state index contributed by atoms with van der Waals surface area (Å²) in [7, 11) is 2.12. The van der Waals surface area contributed by atoms with Crippen LogP contribution in [0.25, 0.3) is 0 Å². The summed E-state index contributed by atoms with van der Waals surface area (Å²) < 4.78 is 0. The van der Waals surface area contributed by atoms with E-state index in [2.05, 4.69) is 22.2 Å². The fourth-order valence-corrected chi connectivity index (χ4v) is 2.62. The van der Waals surface area contributed by atoms with E-state index in [1.54, 1.807) is 0 Å². The molecule has 1 aliphatic rings. The van der Waals surface area contributed by atoms with Crippen LogP contribution in [0.3, 0.4) is 0 Å². The smallest absolute Gasteiger partial charge is 0.544 e. The largest absolute Gasteiger partial charge is 1.00 e. The average molecular weight is 261 g/mol. The molecule has 2 heterocycles. The van der Waals surface area contributed by atoms with Gasteiger partial charge in [0, 0.05) is 6.54 Å². The van der Waals surface area contributed by atoms with Crippen molar-refractivity contribution in [3.63, 3.8) is 0 Å². The van der Waals surface area contributed by atoms with E-state index in [-0.39, 0.29) is 23.7 Å². The Bertz CT molecular complexity index is 391. The molecule has 0 unspecified atom stereocenters. The van der Waals surface area contributed by atoms with Gasteiger partial charge in [0.15, 0.2) is 0 Å². The van der Waals surface area contributed by atoms with Gasteiger partial charge in [-0.3, -0.25) is 0 Å². The Morgan fingerprint density at radius 1 is 1.61 bits per heavy atom. The van der Waals surface area contributed by atoms with E-state index in [0.29, 0.717) is 11.7 Å². The quantitative estimate of drug-likeness (QED) is 0.596. The van der Waals surface area contributed by atoms with E-state index in [9.17, 15) is 9.90 Å². The third-order valence-electron chi connectivity index (χ3n) is 3.15. The molecule has 1 saturated heterocycles. The second kappa shape index (κ2) is 7.15. The Morgan fingerprint density at radius 3 is 2.89 bits per heavy atom. The molecule has 5 nitrogen and oxygen atoms in total. The molecular formula is C11H16LiN3O2S. The van der Waals surface area contributed by atoms with E-state index in [4.69, 9.17) is 0 Å². The van der Waals surface area contributed by atoms with Crippen molar-refractivity contribution in [1.82, 2.24) is 9.88 Å². The van der Waals surface area contributed by atoms with Crippen molar-refractivity contribution < 1.29 is 28.8 Å². The first-order valence-electron chi connectivity index (χ1n) is 5.74. The summed E-state index contributed by atoms with van der Waals surface area (Å²) in [5.74, 6) is -0.102. The van der Waals surface area contributed by atoms with Crippen molar-refractivity contribution in [2.24, 2.45) is 5.92 Å². The molecule has 0 bridgehead atoms. The first kappa shape index (κ1) is 15.5. The second-order valence-corrected chi connectivity index (χ2v) is 5.30. The molecule has 2 rings (SSSR count). The van der Waals surface area contributed by atoms with Crippen LogP contribution in [0.4, 0.5) is 5.82 Å². The average Bonchev–Trinajstić information content (AvgIpc) is 2.76. The third kappa shape index (κ3) is 3.99. The molecule has 94 valence electrons. The molecule has 1 aromatic heterocycles. The summed E-state index contributed by atoms with van der Waals surface area (Å²) >= 11 is 1.10. The van der Waals surface area contributed by atoms with Crippen molar-refractivity contribution >= 4 is 23.1 Å². The van der Waals surface area contributed by atoms with Crippen LogP contribution in [-0.2, 0) is 0 Å². The van der Waals surface area contributed by atoms with Gasteiger partial charge in [-0.1, -0.05) is 0 Å². The van der Waals surface area contributed by atoms with Crippen LogP contribution >= 0.6 is 11.3 Å². The Kier molecular flexibility index (Phi) is 6.16. The fourth-order valence-electron chi connectivity index (χ4n) is 2.02. The van der Waals surface area contributed by atoms with Gasteiger partial charge < -0.3 is 20.1 Å². The van der Waals surface area contributed by atoms with Gasteiger partial charge in [-0.2, -0.15) is 0 Å². The number of nitrogens with zero attached hydrogens (tertiary/aromatic N) is 2. The maximum absolute atomic E-state index is 10.8. The number of carbonyl (C=O) groups excluding carboxylic acids is 1. The molecular weight excluding hydrogens is 245 g/mol. The number of aromatic nitrogens is 1. The molecule has 18 heavy (non-hydrogen) atoms. The molecule has 0 radical (unpaired) electrons. The van der Waals surface area contributed by atoms with Crippen LogP contribution in [0.15, 0.2) is 5.51 Å². The van der Waals surface area contributed by atoms with E-state index >= 15 is 0 Å². The number of carbonyl (C=O) groups is 1. The standard InChI is InChI=1S/C11H17N3O2S.Li/c1-14-4-2-8(3-5-14)6-12-10-9(11(15)16)17-7-13-10;/h7-8,12H,2-6H2,1H3,(H,15,16);/q;+1/p-1. The second-order valence-electron chi connectivity index (χ2n) is 4.45.